The van der Waals surface area contributed by atoms with Gasteiger partial charge in [-0.2, -0.15) is 0 Å². The quantitative estimate of drug-likeness (QED) is 0.853. The van der Waals surface area contributed by atoms with Gasteiger partial charge in [-0.25, -0.2) is 0 Å². The van der Waals surface area contributed by atoms with Crippen molar-refractivity contribution in [2.24, 2.45) is 0 Å². The van der Waals surface area contributed by atoms with E-state index in [9.17, 15) is 5.11 Å². The van der Waals surface area contributed by atoms with Crippen molar-refractivity contribution >= 4 is 11.6 Å². The Morgan fingerprint density at radius 1 is 0.857 bits per heavy atom. The fourth-order valence-corrected chi connectivity index (χ4v) is 1.76. The zero-order chi connectivity index (χ0) is 15.1. The van der Waals surface area contributed by atoms with Crippen molar-refractivity contribution in [3.63, 3.8) is 0 Å². The van der Waals surface area contributed by atoms with Crippen LogP contribution in [-0.2, 0) is 0 Å². The molecule has 2 rings (SSSR count). The van der Waals surface area contributed by atoms with Crippen molar-refractivity contribution in [1.29, 1.82) is 0 Å². The van der Waals surface area contributed by atoms with Crippen LogP contribution in [0.3, 0.4) is 0 Å². The monoisotopic (exact) mass is 308 g/mol. The average Bonchev–Trinajstić information content (AvgIpc) is 2.53. The zero-order valence-electron chi connectivity index (χ0n) is 11.7. The molecule has 0 fully saturated rings. The molecule has 0 aliphatic heterocycles. The number of hydrogen-bond acceptors (Lipinski definition) is 4. The highest BCUT2D eigenvalue weighted by atomic mass is 35.5. The molecular formula is C16H17ClO4. The van der Waals surface area contributed by atoms with Crippen molar-refractivity contribution in [1.82, 2.24) is 0 Å². The maximum absolute atomic E-state index is 9.83. The van der Waals surface area contributed by atoms with Gasteiger partial charge in [0.15, 0.2) is 0 Å². The van der Waals surface area contributed by atoms with Gasteiger partial charge >= 0.3 is 0 Å². The highest BCUT2D eigenvalue weighted by Crippen LogP contribution is 2.18. The van der Waals surface area contributed by atoms with Crippen LogP contribution in [0.5, 0.6) is 17.2 Å². The Hall–Kier alpha value is -1.91. The number of hydrogen-bond donors (Lipinski definition) is 1. The second-order valence-corrected chi connectivity index (χ2v) is 4.84. The van der Waals surface area contributed by atoms with Crippen LogP contribution in [0.15, 0.2) is 48.5 Å². The van der Waals surface area contributed by atoms with Gasteiger partial charge in [-0.3, -0.25) is 0 Å². The highest BCUT2D eigenvalue weighted by molar-refractivity contribution is 6.30. The molecule has 2 aromatic carbocycles. The summed E-state index contributed by atoms with van der Waals surface area (Å²) in [7, 11) is 1.60. The molecule has 0 unspecified atom stereocenters. The zero-order valence-corrected chi connectivity index (χ0v) is 12.4. The van der Waals surface area contributed by atoms with Crippen molar-refractivity contribution in [2.75, 3.05) is 20.3 Å². The van der Waals surface area contributed by atoms with Gasteiger partial charge in [0.05, 0.1) is 7.11 Å². The third-order valence-electron chi connectivity index (χ3n) is 2.76. The Morgan fingerprint density at radius 3 is 1.76 bits per heavy atom. The molecule has 1 N–H and O–H groups in total. The largest absolute Gasteiger partial charge is 0.497 e. The second kappa shape index (κ2) is 7.76. The van der Waals surface area contributed by atoms with Gasteiger partial charge in [0.25, 0.3) is 0 Å². The molecule has 0 bridgehead atoms. The lowest BCUT2D eigenvalue weighted by molar-refractivity contribution is 0.0626. The topological polar surface area (TPSA) is 47.9 Å². The average molecular weight is 309 g/mol. The molecule has 0 saturated carbocycles. The first-order valence-electron chi connectivity index (χ1n) is 6.50. The van der Waals surface area contributed by atoms with Crippen molar-refractivity contribution < 1.29 is 19.3 Å². The molecule has 0 heterocycles. The van der Waals surface area contributed by atoms with E-state index < -0.39 is 6.10 Å². The van der Waals surface area contributed by atoms with Crippen LogP contribution in [0.25, 0.3) is 0 Å². The van der Waals surface area contributed by atoms with E-state index in [4.69, 9.17) is 25.8 Å². The number of rotatable bonds is 7. The van der Waals surface area contributed by atoms with Crippen LogP contribution < -0.4 is 14.2 Å². The summed E-state index contributed by atoms with van der Waals surface area (Å²) < 4.78 is 16.0. The summed E-state index contributed by atoms with van der Waals surface area (Å²) in [4.78, 5) is 0. The predicted octanol–water partition coefficient (Wildman–Crippen LogP) is 3.17. The van der Waals surface area contributed by atoms with E-state index in [0.29, 0.717) is 16.5 Å². The number of benzene rings is 2. The number of ether oxygens (including phenoxy) is 3. The van der Waals surface area contributed by atoms with Crippen molar-refractivity contribution in [2.45, 2.75) is 6.10 Å². The Labute approximate surface area is 128 Å². The van der Waals surface area contributed by atoms with Crippen molar-refractivity contribution in [3.8, 4) is 17.2 Å². The Balaban J connectivity index is 1.73. The van der Waals surface area contributed by atoms with Gasteiger partial charge in [-0.1, -0.05) is 11.6 Å². The summed E-state index contributed by atoms with van der Waals surface area (Å²) in [5, 5.41) is 10.5. The molecule has 112 valence electrons. The van der Waals surface area contributed by atoms with E-state index in [-0.39, 0.29) is 13.2 Å². The van der Waals surface area contributed by atoms with Crippen molar-refractivity contribution in [3.05, 3.63) is 53.6 Å². The molecule has 21 heavy (non-hydrogen) atoms. The maximum Gasteiger partial charge on any atom is 0.122 e. The van der Waals surface area contributed by atoms with E-state index in [1.165, 1.54) is 0 Å². The third kappa shape index (κ3) is 5.17. The lowest BCUT2D eigenvalue weighted by Crippen LogP contribution is -2.25. The summed E-state index contributed by atoms with van der Waals surface area (Å²) in [6.45, 7) is 0.303. The highest BCUT2D eigenvalue weighted by Gasteiger charge is 2.07. The molecule has 0 aliphatic rings. The van der Waals surface area contributed by atoms with Crippen LogP contribution in [-0.4, -0.2) is 31.5 Å². The van der Waals surface area contributed by atoms with Crippen LogP contribution >= 0.6 is 11.6 Å². The summed E-state index contributed by atoms with van der Waals surface area (Å²) in [6.07, 6.45) is -0.720. The second-order valence-electron chi connectivity index (χ2n) is 4.41. The number of halogens is 1. The molecule has 0 spiro atoms. The van der Waals surface area contributed by atoms with Crippen LogP contribution in [0.1, 0.15) is 0 Å². The van der Waals surface area contributed by atoms with E-state index in [0.717, 1.165) is 5.75 Å². The summed E-state index contributed by atoms with van der Waals surface area (Å²) in [6, 6.07) is 14.1. The standard InChI is InChI=1S/C16H17ClO4/c1-19-14-6-8-16(9-7-14)21-11-13(18)10-20-15-4-2-12(17)3-5-15/h2-9,13,18H,10-11H2,1H3/t13-/m1/s1. The smallest absolute Gasteiger partial charge is 0.122 e. The minimum atomic E-state index is -0.720. The fourth-order valence-electron chi connectivity index (χ4n) is 1.64. The first-order chi connectivity index (χ1) is 10.2. The molecule has 4 nitrogen and oxygen atoms in total. The molecule has 0 amide bonds. The van der Waals surface area contributed by atoms with Gasteiger partial charge in [-0.05, 0) is 48.5 Å². The molecule has 0 radical (unpaired) electrons. The minimum absolute atomic E-state index is 0.151. The number of methoxy groups -OCH3 is 1. The van der Waals surface area contributed by atoms with E-state index in [1.54, 1.807) is 55.6 Å². The SMILES string of the molecule is COc1ccc(OC[C@H](O)COc2ccc(Cl)cc2)cc1. The lowest BCUT2D eigenvalue weighted by atomic mass is 10.3. The molecule has 0 saturated heterocycles. The van der Waals surface area contributed by atoms with Gasteiger partial charge in [-0.15, -0.1) is 0 Å². The Kier molecular flexibility index (Phi) is 5.72. The van der Waals surface area contributed by atoms with E-state index >= 15 is 0 Å². The normalized spacial score (nSPS) is 11.8. The molecule has 0 aromatic heterocycles. The first kappa shape index (κ1) is 15.5. The summed E-state index contributed by atoms with van der Waals surface area (Å²) >= 11 is 5.78. The Bertz CT molecular complexity index is 539. The van der Waals surface area contributed by atoms with E-state index in [2.05, 4.69) is 0 Å². The van der Waals surface area contributed by atoms with Gasteiger partial charge in [0.2, 0.25) is 0 Å². The molecule has 1 atom stereocenters. The van der Waals surface area contributed by atoms with Gasteiger partial charge in [0.1, 0.15) is 36.6 Å². The van der Waals surface area contributed by atoms with Crippen LogP contribution in [0.2, 0.25) is 5.02 Å². The minimum Gasteiger partial charge on any atom is -0.497 e. The molecule has 0 aliphatic carbocycles. The Morgan fingerprint density at radius 2 is 1.29 bits per heavy atom. The fraction of sp³-hybridized carbons (Fsp3) is 0.250. The summed E-state index contributed by atoms with van der Waals surface area (Å²) in [5.74, 6) is 2.08. The number of aliphatic hydroxyl groups is 1. The van der Waals surface area contributed by atoms with Crippen LogP contribution in [0, 0.1) is 0 Å². The summed E-state index contributed by atoms with van der Waals surface area (Å²) in [5.41, 5.74) is 0. The van der Waals surface area contributed by atoms with E-state index in [1.807, 2.05) is 0 Å². The maximum atomic E-state index is 9.83. The van der Waals surface area contributed by atoms with Crippen LogP contribution in [0.4, 0.5) is 0 Å². The predicted molar refractivity (Wildman–Crippen MR) is 81.4 cm³/mol. The first-order valence-corrected chi connectivity index (χ1v) is 6.88. The molecular weight excluding hydrogens is 292 g/mol. The van der Waals surface area contributed by atoms with Gasteiger partial charge in [0, 0.05) is 5.02 Å². The third-order valence-corrected chi connectivity index (χ3v) is 3.01. The van der Waals surface area contributed by atoms with Gasteiger partial charge < -0.3 is 19.3 Å². The molecule has 5 heteroatoms. The molecule has 2 aromatic rings. The lowest BCUT2D eigenvalue weighted by Gasteiger charge is -2.13. The number of aliphatic hydroxyl groups excluding tert-OH is 1.